The third-order valence-corrected chi connectivity index (χ3v) is 5.66. The number of carbonyl (C=O) groups excluding carboxylic acids is 3. The van der Waals surface area contributed by atoms with Crippen LogP contribution in [-0.4, -0.2) is 30.6 Å². The molecule has 0 atom stereocenters. The summed E-state index contributed by atoms with van der Waals surface area (Å²) in [5.41, 5.74) is 3.44. The van der Waals surface area contributed by atoms with E-state index in [0.29, 0.717) is 22.1 Å². The number of carbonyl (C=O) groups is 3. The molecule has 0 saturated carbocycles. The molecule has 154 valence electrons. The molecule has 0 aliphatic heterocycles. The number of amides is 2. The molecule has 0 aromatic carbocycles. The summed E-state index contributed by atoms with van der Waals surface area (Å²) in [5, 5.41) is 6.61. The van der Waals surface area contributed by atoms with Crippen molar-refractivity contribution in [3.8, 4) is 0 Å². The molecule has 3 rings (SSSR count). The first kappa shape index (κ1) is 20.8. The van der Waals surface area contributed by atoms with Gasteiger partial charge in [-0.1, -0.05) is 6.42 Å². The predicted octanol–water partition coefficient (Wildman–Crippen LogP) is 3.18. The standard InChI is InChI=1S/C20H23N3O5S/c1-3-27-20(26)16-14-7-5-4-6-8-15(14)29-19(16)22-17(24)18(25)23-21-11-13-10-9-12(2)28-13/h9-11H,3-8H2,1-2H3,(H,22,24)(H,23,25). The van der Waals surface area contributed by atoms with Crippen LogP contribution in [0.2, 0.25) is 0 Å². The number of nitrogens with one attached hydrogen (secondary N) is 2. The Morgan fingerprint density at radius 2 is 2.00 bits per heavy atom. The first-order valence-corrected chi connectivity index (χ1v) is 10.3. The fourth-order valence-corrected chi connectivity index (χ4v) is 4.41. The van der Waals surface area contributed by atoms with E-state index in [-0.39, 0.29) is 6.61 Å². The van der Waals surface area contributed by atoms with E-state index >= 15 is 0 Å². The molecule has 0 spiro atoms. The van der Waals surface area contributed by atoms with E-state index < -0.39 is 17.8 Å². The largest absolute Gasteiger partial charge is 0.462 e. The fraction of sp³-hybridized carbons (Fsp3) is 0.400. The second-order valence-corrected chi connectivity index (χ2v) is 7.70. The van der Waals surface area contributed by atoms with Gasteiger partial charge in [0.05, 0.1) is 18.4 Å². The zero-order valence-corrected chi connectivity index (χ0v) is 17.2. The fourth-order valence-electron chi connectivity index (χ4n) is 3.14. The monoisotopic (exact) mass is 417 g/mol. The van der Waals surface area contributed by atoms with Crippen LogP contribution in [0.15, 0.2) is 21.7 Å². The van der Waals surface area contributed by atoms with E-state index in [1.165, 1.54) is 17.6 Å². The van der Waals surface area contributed by atoms with Gasteiger partial charge in [-0.3, -0.25) is 9.59 Å². The highest BCUT2D eigenvalue weighted by molar-refractivity contribution is 7.17. The summed E-state index contributed by atoms with van der Waals surface area (Å²) in [4.78, 5) is 37.9. The van der Waals surface area contributed by atoms with Gasteiger partial charge < -0.3 is 14.5 Å². The lowest BCUT2D eigenvalue weighted by molar-refractivity contribution is -0.136. The van der Waals surface area contributed by atoms with Crippen molar-refractivity contribution in [3.05, 3.63) is 39.7 Å². The normalized spacial score (nSPS) is 13.6. The minimum Gasteiger partial charge on any atom is -0.462 e. The van der Waals surface area contributed by atoms with Crippen molar-refractivity contribution in [2.24, 2.45) is 5.10 Å². The lowest BCUT2D eigenvalue weighted by Crippen LogP contribution is -2.32. The van der Waals surface area contributed by atoms with Crippen LogP contribution in [0.4, 0.5) is 5.00 Å². The van der Waals surface area contributed by atoms with Crippen LogP contribution in [0.3, 0.4) is 0 Å². The van der Waals surface area contributed by atoms with Gasteiger partial charge in [-0.15, -0.1) is 11.3 Å². The molecule has 8 nitrogen and oxygen atoms in total. The van der Waals surface area contributed by atoms with Crippen molar-refractivity contribution in [2.75, 3.05) is 11.9 Å². The van der Waals surface area contributed by atoms with Crippen molar-refractivity contribution in [2.45, 2.75) is 46.0 Å². The third kappa shape index (κ3) is 5.11. The summed E-state index contributed by atoms with van der Waals surface area (Å²) in [6.07, 6.45) is 6.02. The highest BCUT2D eigenvalue weighted by Crippen LogP contribution is 2.38. The molecule has 1 aliphatic rings. The van der Waals surface area contributed by atoms with Gasteiger partial charge in [0.25, 0.3) is 0 Å². The van der Waals surface area contributed by atoms with Crippen LogP contribution in [-0.2, 0) is 27.2 Å². The van der Waals surface area contributed by atoms with Gasteiger partial charge >= 0.3 is 17.8 Å². The Kier molecular flexibility index (Phi) is 6.82. The molecule has 2 aromatic heterocycles. The van der Waals surface area contributed by atoms with Gasteiger partial charge in [0.1, 0.15) is 16.5 Å². The van der Waals surface area contributed by atoms with Crippen molar-refractivity contribution in [1.82, 2.24) is 5.43 Å². The number of rotatable bonds is 5. The van der Waals surface area contributed by atoms with Crippen LogP contribution in [0.25, 0.3) is 0 Å². The molecular formula is C20H23N3O5S. The first-order valence-electron chi connectivity index (χ1n) is 9.52. The molecule has 0 unspecified atom stereocenters. The maximum absolute atomic E-state index is 12.5. The summed E-state index contributed by atoms with van der Waals surface area (Å²) >= 11 is 1.33. The van der Waals surface area contributed by atoms with Crippen LogP contribution in [0.1, 0.15) is 58.5 Å². The maximum Gasteiger partial charge on any atom is 0.341 e. The first-order chi connectivity index (χ1) is 14.0. The molecule has 2 aromatic rings. The molecule has 2 amide bonds. The second kappa shape index (κ2) is 9.51. The van der Waals surface area contributed by atoms with Crippen molar-refractivity contribution in [3.63, 3.8) is 0 Å². The molecule has 0 bridgehead atoms. The molecule has 0 radical (unpaired) electrons. The molecular weight excluding hydrogens is 394 g/mol. The van der Waals surface area contributed by atoms with Crippen molar-refractivity contribution in [1.29, 1.82) is 0 Å². The second-order valence-electron chi connectivity index (χ2n) is 6.59. The zero-order chi connectivity index (χ0) is 20.8. The Morgan fingerprint density at radius 1 is 1.21 bits per heavy atom. The van der Waals surface area contributed by atoms with E-state index in [2.05, 4.69) is 15.8 Å². The number of hydrogen-bond acceptors (Lipinski definition) is 7. The van der Waals surface area contributed by atoms with E-state index in [1.54, 1.807) is 26.0 Å². The van der Waals surface area contributed by atoms with Gasteiger partial charge in [-0.05, 0) is 57.2 Å². The van der Waals surface area contributed by atoms with Gasteiger partial charge in [0, 0.05) is 4.88 Å². The van der Waals surface area contributed by atoms with Gasteiger partial charge in [0.2, 0.25) is 0 Å². The molecule has 9 heteroatoms. The lowest BCUT2D eigenvalue weighted by atomic mass is 10.1. The van der Waals surface area contributed by atoms with E-state index in [1.807, 2.05) is 0 Å². The van der Waals surface area contributed by atoms with Gasteiger partial charge in [-0.2, -0.15) is 5.10 Å². The van der Waals surface area contributed by atoms with E-state index in [9.17, 15) is 14.4 Å². The maximum atomic E-state index is 12.5. The highest BCUT2D eigenvalue weighted by Gasteiger charge is 2.27. The lowest BCUT2D eigenvalue weighted by Gasteiger charge is -2.08. The summed E-state index contributed by atoms with van der Waals surface area (Å²) in [6.45, 7) is 3.75. The van der Waals surface area contributed by atoms with Gasteiger partial charge in [0.15, 0.2) is 0 Å². The van der Waals surface area contributed by atoms with Crippen molar-refractivity contribution < 1.29 is 23.5 Å². The van der Waals surface area contributed by atoms with Gasteiger partial charge in [-0.25, -0.2) is 10.2 Å². The Hall–Kier alpha value is -2.94. The number of fused-ring (bicyclic) bond motifs is 1. The Bertz CT molecular complexity index is 944. The Balaban J connectivity index is 1.72. The number of nitrogens with zero attached hydrogens (tertiary/aromatic N) is 1. The smallest absolute Gasteiger partial charge is 0.341 e. The molecule has 1 aliphatic carbocycles. The van der Waals surface area contributed by atoms with Crippen LogP contribution < -0.4 is 10.7 Å². The molecule has 2 heterocycles. The number of hydrazone groups is 1. The zero-order valence-electron chi connectivity index (χ0n) is 16.4. The SMILES string of the molecule is CCOC(=O)c1c(NC(=O)C(=O)NN=Cc2ccc(C)o2)sc2c1CCCCC2. The minimum atomic E-state index is -0.942. The summed E-state index contributed by atoms with van der Waals surface area (Å²) in [6, 6.07) is 3.45. The topological polar surface area (TPSA) is 110 Å². The molecule has 2 N–H and O–H groups in total. The van der Waals surface area contributed by atoms with E-state index in [0.717, 1.165) is 42.5 Å². The summed E-state index contributed by atoms with van der Waals surface area (Å²) in [5.74, 6) is -1.16. The number of thiophene rings is 1. The quantitative estimate of drug-likeness (QED) is 0.255. The van der Waals surface area contributed by atoms with Crippen LogP contribution >= 0.6 is 11.3 Å². The Morgan fingerprint density at radius 3 is 2.72 bits per heavy atom. The third-order valence-electron chi connectivity index (χ3n) is 4.45. The molecule has 0 saturated heterocycles. The minimum absolute atomic E-state index is 0.234. The number of hydrogen-bond donors (Lipinski definition) is 2. The van der Waals surface area contributed by atoms with Crippen molar-refractivity contribution >= 4 is 40.3 Å². The Labute approximate surface area is 172 Å². The van der Waals surface area contributed by atoms with Crippen LogP contribution in [0, 0.1) is 6.92 Å². The van der Waals surface area contributed by atoms with E-state index in [4.69, 9.17) is 9.15 Å². The number of ether oxygens (including phenoxy) is 1. The number of anilines is 1. The number of esters is 1. The number of furan rings is 1. The number of aryl methyl sites for hydroxylation is 2. The molecule has 0 fully saturated rings. The summed E-state index contributed by atoms with van der Waals surface area (Å²) in [7, 11) is 0. The predicted molar refractivity (Wildman–Crippen MR) is 109 cm³/mol. The average molecular weight is 417 g/mol. The molecule has 29 heavy (non-hydrogen) atoms. The summed E-state index contributed by atoms with van der Waals surface area (Å²) < 4.78 is 10.5. The average Bonchev–Trinajstić information content (AvgIpc) is 3.17. The highest BCUT2D eigenvalue weighted by atomic mass is 32.1. The van der Waals surface area contributed by atoms with Crippen LogP contribution in [0.5, 0.6) is 0 Å².